The highest BCUT2D eigenvalue weighted by molar-refractivity contribution is 14.1. The molecular formula is C6H14IN2+. The van der Waals surface area contributed by atoms with Gasteiger partial charge in [-0.2, -0.15) is 0 Å². The molecule has 0 aliphatic carbocycles. The molecule has 0 amide bonds. The van der Waals surface area contributed by atoms with Gasteiger partial charge in [-0.1, -0.05) is 0 Å². The number of halogens is 1. The van der Waals surface area contributed by atoms with E-state index in [0.717, 1.165) is 6.04 Å². The van der Waals surface area contributed by atoms with Crippen LogP contribution in [0.25, 0.3) is 0 Å². The Hall–Kier alpha value is 0.650. The molecule has 0 saturated carbocycles. The van der Waals surface area contributed by atoms with Crippen LogP contribution in [-0.2, 0) is 0 Å². The molecule has 1 aliphatic heterocycles. The van der Waals surface area contributed by atoms with Crippen molar-refractivity contribution in [1.82, 2.24) is 4.90 Å². The lowest BCUT2D eigenvalue weighted by Crippen LogP contribution is -2.62. The van der Waals surface area contributed by atoms with E-state index in [2.05, 4.69) is 48.9 Å². The highest BCUT2D eigenvalue weighted by Crippen LogP contribution is 2.25. The van der Waals surface area contributed by atoms with Crippen molar-refractivity contribution in [2.45, 2.75) is 6.04 Å². The molecule has 9 heavy (non-hydrogen) atoms. The van der Waals surface area contributed by atoms with E-state index in [9.17, 15) is 0 Å². The standard InChI is InChI=1S/C6H14IN2/c1-8(2)6-4-9(3,7)5-6/h6H,4-5H2,1-3H3/q+1. The summed E-state index contributed by atoms with van der Waals surface area (Å²) in [5.41, 5.74) is 0. The molecule has 1 saturated heterocycles. The number of rotatable bonds is 1. The van der Waals surface area contributed by atoms with E-state index < -0.39 is 0 Å². The first-order valence-corrected chi connectivity index (χ1v) is 4.18. The highest BCUT2D eigenvalue weighted by atomic mass is 127. The van der Waals surface area contributed by atoms with Gasteiger partial charge in [0.05, 0.1) is 7.05 Å². The Morgan fingerprint density at radius 2 is 1.89 bits per heavy atom. The molecular weight excluding hydrogens is 227 g/mol. The van der Waals surface area contributed by atoms with Crippen molar-refractivity contribution in [3.05, 3.63) is 0 Å². The molecule has 0 atom stereocenters. The molecule has 1 heterocycles. The number of hydrogen-bond acceptors (Lipinski definition) is 1. The minimum absolute atomic E-state index is 0.826. The summed E-state index contributed by atoms with van der Waals surface area (Å²) in [5, 5.41) is 0. The van der Waals surface area contributed by atoms with E-state index in [0.29, 0.717) is 0 Å². The summed E-state index contributed by atoms with van der Waals surface area (Å²) in [6.45, 7) is 2.60. The lowest BCUT2D eigenvalue weighted by molar-refractivity contribution is -0.784. The Morgan fingerprint density at radius 1 is 1.44 bits per heavy atom. The molecule has 0 unspecified atom stereocenters. The van der Waals surface area contributed by atoms with Gasteiger partial charge in [0.25, 0.3) is 0 Å². The third-order valence-electron chi connectivity index (χ3n) is 1.91. The topological polar surface area (TPSA) is 3.24 Å². The smallest absolute Gasteiger partial charge is 0.248 e. The van der Waals surface area contributed by atoms with Gasteiger partial charge in [0.2, 0.25) is 22.9 Å². The summed E-state index contributed by atoms with van der Waals surface area (Å²) < 4.78 is 1.17. The van der Waals surface area contributed by atoms with Crippen LogP contribution in [0.3, 0.4) is 0 Å². The summed E-state index contributed by atoms with van der Waals surface area (Å²) in [7, 11) is 6.57. The van der Waals surface area contributed by atoms with Crippen molar-refractivity contribution in [2.75, 3.05) is 34.2 Å². The average Bonchev–Trinajstić information content (AvgIpc) is 1.59. The van der Waals surface area contributed by atoms with Crippen molar-refractivity contribution in [2.24, 2.45) is 0 Å². The Kier molecular flexibility index (Phi) is 2.03. The fourth-order valence-electron chi connectivity index (χ4n) is 1.15. The van der Waals surface area contributed by atoms with Crippen LogP contribution in [0.4, 0.5) is 0 Å². The van der Waals surface area contributed by atoms with Crippen molar-refractivity contribution in [1.29, 1.82) is 0 Å². The third kappa shape index (κ3) is 1.78. The minimum atomic E-state index is 0.826. The van der Waals surface area contributed by atoms with Crippen molar-refractivity contribution in [3.8, 4) is 0 Å². The second-order valence-electron chi connectivity index (χ2n) is 3.25. The normalized spacial score (nSPS) is 43.0. The maximum Gasteiger partial charge on any atom is 0.248 e. The third-order valence-corrected chi connectivity index (χ3v) is 2.70. The molecule has 1 fully saturated rings. The first-order valence-electron chi connectivity index (χ1n) is 3.22. The monoisotopic (exact) mass is 241 g/mol. The molecule has 0 bridgehead atoms. The first kappa shape index (κ1) is 7.75. The fraction of sp³-hybridized carbons (Fsp3) is 1.00. The molecule has 0 spiro atoms. The lowest BCUT2D eigenvalue weighted by Gasteiger charge is -2.44. The van der Waals surface area contributed by atoms with Crippen LogP contribution in [0.5, 0.6) is 0 Å². The number of likely N-dealkylation sites (tertiary alicyclic amines) is 1. The number of nitrogens with zero attached hydrogens (tertiary/aromatic N) is 2. The lowest BCUT2D eigenvalue weighted by atomic mass is 10.1. The van der Waals surface area contributed by atoms with Crippen LogP contribution >= 0.6 is 22.9 Å². The van der Waals surface area contributed by atoms with Gasteiger partial charge < -0.3 is 0 Å². The van der Waals surface area contributed by atoms with Crippen molar-refractivity contribution >= 4 is 22.9 Å². The van der Waals surface area contributed by atoms with Crippen LogP contribution < -0.4 is 0 Å². The number of quaternary nitrogens is 1. The molecule has 1 aliphatic rings. The zero-order valence-electron chi connectivity index (χ0n) is 6.26. The first-order chi connectivity index (χ1) is 4.01. The van der Waals surface area contributed by atoms with Crippen LogP contribution in [0, 0.1) is 0 Å². The molecule has 0 aromatic carbocycles. The van der Waals surface area contributed by atoms with E-state index in [-0.39, 0.29) is 0 Å². The molecule has 54 valence electrons. The molecule has 0 aromatic heterocycles. The molecule has 1 rings (SSSR count). The molecule has 0 radical (unpaired) electrons. The van der Waals surface area contributed by atoms with Gasteiger partial charge in [0, 0.05) is 0 Å². The van der Waals surface area contributed by atoms with Crippen LogP contribution in [0.1, 0.15) is 0 Å². The van der Waals surface area contributed by atoms with Crippen molar-refractivity contribution < 1.29 is 2.70 Å². The second kappa shape index (κ2) is 2.36. The van der Waals surface area contributed by atoms with E-state index in [1.54, 1.807) is 0 Å². The zero-order chi connectivity index (χ0) is 7.07. The maximum absolute atomic E-state index is 2.49. The number of likely N-dealkylation sites (N-methyl/N-ethyl adjacent to an activating group) is 2. The van der Waals surface area contributed by atoms with Gasteiger partial charge in [0.15, 0.2) is 0 Å². The Balaban J connectivity index is 2.27. The Labute approximate surface area is 70.9 Å². The summed E-state index contributed by atoms with van der Waals surface area (Å²) >= 11 is 2.49. The van der Waals surface area contributed by atoms with Gasteiger partial charge >= 0.3 is 0 Å². The van der Waals surface area contributed by atoms with Crippen LogP contribution in [0.15, 0.2) is 0 Å². The van der Waals surface area contributed by atoms with E-state index in [1.165, 1.54) is 15.8 Å². The molecule has 0 aromatic rings. The van der Waals surface area contributed by atoms with Gasteiger partial charge in [-0.25, -0.2) is 0 Å². The van der Waals surface area contributed by atoms with E-state index in [4.69, 9.17) is 0 Å². The number of hydrogen-bond donors (Lipinski definition) is 0. The van der Waals surface area contributed by atoms with Gasteiger partial charge in [0.1, 0.15) is 19.1 Å². The van der Waals surface area contributed by atoms with Crippen LogP contribution in [-0.4, -0.2) is 47.9 Å². The summed E-state index contributed by atoms with van der Waals surface area (Å²) in [6, 6.07) is 0.826. The summed E-state index contributed by atoms with van der Waals surface area (Å²) in [4.78, 5) is 2.30. The predicted molar refractivity (Wildman–Crippen MR) is 47.4 cm³/mol. The van der Waals surface area contributed by atoms with E-state index >= 15 is 0 Å². The largest absolute Gasteiger partial charge is 0.297 e. The predicted octanol–water partition coefficient (Wildman–Crippen LogP) is 0.727. The Bertz CT molecular complexity index is 104. The van der Waals surface area contributed by atoms with Crippen molar-refractivity contribution in [3.63, 3.8) is 0 Å². The molecule has 0 N–H and O–H groups in total. The SMILES string of the molecule is CN(C)C1C[N+](C)(I)C1. The quantitative estimate of drug-likeness (QED) is 0.483. The maximum atomic E-state index is 2.49. The van der Waals surface area contributed by atoms with Gasteiger partial charge in [-0.05, 0) is 14.1 Å². The van der Waals surface area contributed by atoms with Gasteiger partial charge in [-0.15, -0.1) is 0 Å². The molecule has 2 nitrogen and oxygen atoms in total. The highest BCUT2D eigenvalue weighted by Gasteiger charge is 2.40. The van der Waals surface area contributed by atoms with Gasteiger partial charge in [-0.3, -0.25) is 7.60 Å². The minimum Gasteiger partial charge on any atom is -0.297 e. The summed E-state index contributed by atoms with van der Waals surface area (Å²) in [6.07, 6.45) is 0. The average molecular weight is 241 g/mol. The fourth-order valence-corrected chi connectivity index (χ4v) is 2.06. The Morgan fingerprint density at radius 3 is 2.00 bits per heavy atom. The molecule has 3 heteroatoms. The summed E-state index contributed by atoms with van der Waals surface area (Å²) in [5.74, 6) is 0. The van der Waals surface area contributed by atoms with E-state index in [1.807, 2.05) is 0 Å². The zero-order valence-corrected chi connectivity index (χ0v) is 8.42. The van der Waals surface area contributed by atoms with Crippen LogP contribution in [0.2, 0.25) is 0 Å². The second-order valence-corrected chi connectivity index (χ2v) is 5.58.